The lowest BCUT2D eigenvalue weighted by Gasteiger charge is -2.31. The van der Waals surface area contributed by atoms with Crippen molar-refractivity contribution in [3.05, 3.63) is 47.7 Å². The van der Waals surface area contributed by atoms with Crippen LogP contribution in [-0.4, -0.2) is 22.4 Å². The Morgan fingerprint density at radius 1 is 1.07 bits per heavy atom. The summed E-state index contributed by atoms with van der Waals surface area (Å²) in [5.41, 5.74) is 4.09. The van der Waals surface area contributed by atoms with Crippen LogP contribution in [0.5, 0.6) is 0 Å². The predicted molar refractivity (Wildman–Crippen MR) is 116 cm³/mol. The summed E-state index contributed by atoms with van der Waals surface area (Å²) in [7, 11) is 0. The number of aryl methyl sites for hydroxylation is 1. The molecule has 1 unspecified atom stereocenters. The van der Waals surface area contributed by atoms with Crippen molar-refractivity contribution in [2.75, 3.05) is 5.88 Å². The van der Waals surface area contributed by atoms with Gasteiger partial charge >= 0.3 is 0 Å². The minimum absolute atomic E-state index is 0.137. The molecule has 1 aliphatic rings. The summed E-state index contributed by atoms with van der Waals surface area (Å²) in [5, 5.41) is 8.85. The predicted octanol–water partition coefficient (Wildman–Crippen LogP) is 6.20. The highest BCUT2D eigenvalue weighted by atomic mass is 35.5. The smallest absolute Gasteiger partial charge is 0.129 e. The average molecular weight is 399 g/mol. The van der Waals surface area contributed by atoms with E-state index in [1.807, 2.05) is 12.1 Å². The van der Waals surface area contributed by atoms with Crippen LogP contribution in [0.3, 0.4) is 0 Å². The summed E-state index contributed by atoms with van der Waals surface area (Å²) in [5.74, 6) is 1.77. The fourth-order valence-corrected chi connectivity index (χ4v) is 4.58. The number of hydrogen-bond acceptors (Lipinski definition) is 3. The van der Waals surface area contributed by atoms with Gasteiger partial charge in [0.25, 0.3) is 0 Å². The molecule has 4 heteroatoms. The summed E-state index contributed by atoms with van der Waals surface area (Å²) in [6.07, 6.45) is 10.2. The van der Waals surface area contributed by atoms with E-state index in [1.54, 1.807) is 0 Å². The van der Waals surface area contributed by atoms with Gasteiger partial charge in [-0.3, -0.25) is 0 Å². The molecule has 0 radical (unpaired) electrons. The van der Waals surface area contributed by atoms with Crippen molar-refractivity contribution in [3.63, 3.8) is 0 Å². The van der Waals surface area contributed by atoms with Crippen LogP contribution in [0.2, 0.25) is 0 Å². The maximum atomic E-state index is 11.8. The van der Waals surface area contributed by atoms with Crippen LogP contribution in [0.4, 0.5) is 0 Å². The van der Waals surface area contributed by atoms with Gasteiger partial charge < -0.3 is 4.79 Å². The first kappa shape index (κ1) is 21.0. The van der Waals surface area contributed by atoms with Crippen LogP contribution >= 0.6 is 11.6 Å². The summed E-state index contributed by atoms with van der Waals surface area (Å²) in [6.45, 7) is 2.19. The fraction of sp³-hybridized carbons (Fsp3) is 0.542. The molecule has 0 N–H and O–H groups in total. The zero-order chi connectivity index (χ0) is 19.8. The monoisotopic (exact) mass is 398 g/mol. The summed E-state index contributed by atoms with van der Waals surface area (Å²) < 4.78 is 0. The third kappa shape index (κ3) is 5.41. The van der Waals surface area contributed by atoms with Gasteiger partial charge in [-0.1, -0.05) is 50.5 Å². The number of hydrogen-bond donors (Lipinski definition) is 0. The highest BCUT2D eigenvalue weighted by Gasteiger charge is 2.29. The first-order chi connectivity index (χ1) is 13.7. The van der Waals surface area contributed by atoms with E-state index < -0.39 is 0 Å². The van der Waals surface area contributed by atoms with E-state index in [-0.39, 0.29) is 5.92 Å². The van der Waals surface area contributed by atoms with Gasteiger partial charge in [0.1, 0.15) is 6.29 Å². The van der Waals surface area contributed by atoms with Crippen molar-refractivity contribution in [3.8, 4) is 11.3 Å². The number of rotatable bonds is 9. The SMILES string of the molecule is CCCc1ccc(-c2ccc(C(C=O)C3CCC(CCCCl)CC3)nn2)cc1. The van der Waals surface area contributed by atoms with Crippen molar-refractivity contribution in [2.45, 2.75) is 64.2 Å². The Hall–Kier alpha value is -1.74. The highest BCUT2D eigenvalue weighted by Crippen LogP contribution is 2.38. The molecular weight excluding hydrogens is 368 g/mol. The zero-order valence-electron chi connectivity index (χ0n) is 16.8. The van der Waals surface area contributed by atoms with E-state index in [2.05, 4.69) is 41.4 Å². The Morgan fingerprint density at radius 2 is 1.82 bits per heavy atom. The second-order valence-electron chi connectivity index (χ2n) is 8.06. The molecule has 0 saturated heterocycles. The number of aldehydes is 1. The van der Waals surface area contributed by atoms with Crippen LogP contribution in [-0.2, 0) is 11.2 Å². The zero-order valence-corrected chi connectivity index (χ0v) is 17.6. The van der Waals surface area contributed by atoms with Crippen LogP contribution in [0.25, 0.3) is 11.3 Å². The maximum Gasteiger partial charge on any atom is 0.129 e. The highest BCUT2D eigenvalue weighted by molar-refractivity contribution is 6.17. The van der Waals surface area contributed by atoms with Gasteiger partial charge in [-0.25, -0.2) is 0 Å². The van der Waals surface area contributed by atoms with Gasteiger partial charge in [0.15, 0.2) is 0 Å². The van der Waals surface area contributed by atoms with Crippen LogP contribution in [0.1, 0.15) is 69.0 Å². The molecule has 0 amide bonds. The number of carbonyl (C=O) groups excluding carboxylic acids is 1. The molecule has 1 heterocycles. The van der Waals surface area contributed by atoms with E-state index in [1.165, 1.54) is 24.8 Å². The largest absolute Gasteiger partial charge is 0.303 e. The van der Waals surface area contributed by atoms with Crippen LogP contribution in [0, 0.1) is 11.8 Å². The van der Waals surface area contributed by atoms with E-state index >= 15 is 0 Å². The molecule has 0 aliphatic heterocycles. The Balaban J connectivity index is 1.63. The van der Waals surface area contributed by atoms with Gasteiger partial charge in [0.2, 0.25) is 0 Å². The number of halogens is 1. The van der Waals surface area contributed by atoms with E-state index in [0.717, 1.165) is 67.1 Å². The first-order valence-corrected chi connectivity index (χ1v) is 11.2. The summed E-state index contributed by atoms with van der Waals surface area (Å²) in [4.78, 5) is 11.8. The first-order valence-electron chi connectivity index (χ1n) is 10.7. The third-order valence-electron chi connectivity index (χ3n) is 6.11. The van der Waals surface area contributed by atoms with Gasteiger partial charge in [-0.2, -0.15) is 10.2 Å². The lowest BCUT2D eigenvalue weighted by molar-refractivity contribution is -0.110. The van der Waals surface area contributed by atoms with E-state index in [9.17, 15) is 4.79 Å². The number of nitrogens with zero attached hydrogens (tertiary/aromatic N) is 2. The van der Waals surface area contributed by atoms with Crippen molar-refractivity contribution in [2.24, 2.45) is 11.8 Å². The second-order valence-corrected chi connectivity index (χ2v) is 8.44. The molecule has 1 atom stereocenters. The Labute approximate surface area is 173 Å². The number of aromatic nitrogens is 2. The molecule has 1 aromatic carbocycles. The third-order valence-corrected chi connectivity index (χ3v) is 6.37. The van der Waals surface area contributed by atoms with E-state index in [4.69, 9.17) is 11.6 Å². The molecule has 0 spiro atoms. The molecule has 150 valence electrons. The summed E-state index contributed by atoms with van der Waals surface area (Å²) >= 11 is 5.82. The molecule has 1 aromatic heterocycles. The lowest BCUT2D eigenvalue weighted by atomic mass is 9.74. The minimum atomic E-state index is -0.137. The van der Waals surface area contributed by atoms with Crippen LogP contribution < -0.4 is 0 Å². The number of alkyl halides is 1. The summed E-state index contributed by atoms with van der Waals surface area (Å²) in [6, 6.07) is 12.5. The Bertz CT molecular complexity index is 721. The minimum Gasteiger partial charge on any atom is -0.303 e. The van der Waals surface area contributed by atoms with Crippen molar-refractivity contribution < 1.29 is 4.79 Å². The molecule has 2 aromatic rings. The molecule has 1 aliphatic carbocycles. The van der Waals surface area contributed by atoms with Crippen molar-refractivity contribution in [1.29, 1.82) is 0 Å². The lowest BCUT2D eigenvalue weighted by Crippen LogP contribution is -2.22. The molecule has 3 rings (SSSR count). The maximum absolute atomic E-state index is 11.8. The van der Waals surface area contributed by atoms with Gasteiger partial charge in [-0.05, 0) is 61.6 Å². The normalized spacial score (nSPS) is 20.6. The number of benzene rings is 1. The molecule has 28 heavy (non-hydrogen) atoms. The average Bonchev–Trinajstić information content (AvgIpc) is 2.75. The van der Waals surface area contributed by atoms with Crippen LogP contribution in [0.15, 0.2) is 36.4 Å². The Kier molecular flexibility index (Phi) is 8.02. The standard InChI is InChI=1S/C24H31ClN2O/c1-2-4-18-8-12-21(13-9-18)23-14-15-24(27-26-23)22(17-28)20-10-6-19(7-11-20)5-3-16-25/h8-9,12-15,17,19-20,22H,2-7,10-11,16H2,1H3. The Morgan fingerprint density at radius 3 is 2.39 bits per heavy atom. The van der Waals surface area contributed by atoms with Gasteiger partial charge in [-0.15, -0.1) is 11.6 Å². The quantitative estimate of drug-likeness (QED) is 0.372. The van der Waals surface area contributed by atoms with E-state index in [0.29, 0.717) is 5.92 Å². The topological polar surface area (TPSA) is 42.9 Å². The molecule has 3 nitrogen and oxygen atoms in total. The molecule has 1 saturated carbocycles. The van der Waals surface area contributed by atoms with Gasteiger partial charge in [0, 0.05) is 11.4 Å². The van der Waals surface area contributed by atoms with Crippen molar-refractivity contribution in [1.82, 2.24) is 10.2 Å². The molecule has 1 fully saturated rings. The number of carbonyl (C=O) groups is 1. The fourth-order valence-electron chi connectivity index (χ4n) is 4.43. The second kappa shape index (κ2) is 10.7. The molecular formula is C24H31ClN2O. The molecule has 0 bridgehead atoms. The van der Waals surface area contributed by atoms with Crippen molar-refractivity contribution >= 4 is 17.9 Å². The van der Waals surface area contributed by atoms with Gasteiger partial charge in [0.05, 0.1) is 17.3 Å².